The highest BCUT2D eigenvalue weighted by atomic mass is 16.1. The normalized spacial score (nSPS) is 22.4. The van der Waals surface area contributed by atoms with Crippen LogP contribution in [-0.4, -0.2) is 5.78 Å². The van der Waals surface area contributed by atoms with Gasteiger partial charge in [-0.25, -0.2) is 0 Å². The molecule has 1 aliphatic rings. The maximum absolute atomic E-state index is 12.1. The van der Waals surface area contributed by atoms with Crippen LogP contribution in [0.25, 0.3) is 0 Å². The van der Waals surface area contributed by atoms with E-state index in [2.05, 4.69) is 38.2 Å². The Morgan fingerprint density at radius 1 is 0.909 bits per heavy atom. The van der Waals surface area contributed by atoms with E-state index >= 15 is 0 Å². The second-order valence-corrected chi connectivity index (χ2v) is 6.76. The number of hydrogen-bond donors (Lipinski definition) is 0. The van der Waals surface area contributed by atoms with Gasteiger partial charge in [0.05, 0.1) is 0 Å². The minimum Gasteiger partial charge on any atom is -0.299 e. The summed E-state index contributed by atoms with van der Waals surface area (Å²) < 4.78 is 0. The molecular weight excluding hydrogens is 268 g/mol. The number of allylic oxidation sites excluding steroid dienone is 4. The molecular formula is C21H36O. The van der Waals surface area contributed by atoms with Crippen molar-refractivity contribution < 1.29 is 4.79 Å². The topological polar surface area (TPSA) is 17.1 Å². The SMILES string of the molecule is CCCCCC=CC[C@H]1C(=O)CC[C@@H]1C=CCCCCCC. The molecule has 0 radical (unpaired) electrons. The van der Waals surface area contributed by atoms with Gasteiger partial charge < -0.3 is 0 Å². The molecule has 0 aromatic heterocycles. The summed E-state index contributed by atoms with van der Waals surface area (Å²) in [5, 5.41) is 0. The van der Waals surface area contributed by atoms with Crippen LogP contribution in [0.15, 0.2) is 24.3 Å². The van der Waals surface area contributed by atoms with E-state index in [0.717, 1.165) is 19.3 Å². The van der Waals surface area contributed by atoms with Gasteiger partial charge in [-0.2, -0.15) is 0 Å². The molecule has 0 amide bonds. The molecule has 1 heteroatoms. The van der Waals surface area contributed by atoms with Crippen molar-refractivity contribution in [3.8, 4) is 0 Å². The van der Waals surface area contributed by atoms with Crippen LogP contribution in [0.1, 0.15) is 90.9 Å². The quantitative estimate of drug-likeness (QED) is 0.292. The van der Waals surface area contributed by atoms with Crippen LogP contribution in [0.2, 0.25) is 0 Å². The molecule has 0 spiro atoms. The largest absolute Gasteiger partial charge is 0.299 e. The summed E-state index contributed by atoms with van der Waals surface area (Å²) in [6, 6.07) is 0. The van der Waals surface area contributed by atoms with Crippen LogP contribution in [0.4, 0.5) is 0 Å². The Kier molecular flexibility index (Phi) is 11.1. The molecule has 0 bridgehead atoms. The Balaban J connectivity index is 2.27. The lowest BCUT2D eigenvalue weighted by Crippen LogP contribution is -2.12. The standard InChI is InChI=1S/C21H36O/c1-3-5-7-9-11-13-15-19-17-18-21(22)20(19)16-14-12-10-8-6-4-2/h12-15,19-20H,3-11,16-18H2,1-2H3/t19-,20+/m0/s1. The van der Waals surface area contributed by atoms with E-state index in [1.165, 1.54) is 57.8 Å². The van der Waals surface area contributed by atoms with Crippen LogP contribution in [0.3, 0.4) is 0 Å². The average molecular weight is 305 g/mol. The molecule has 0 N–H and O–H groups in total. The fourth-order valence-corrected chi connectivity index (χ4v) is 3.30. The molecule has 0 unspecified atom stereocenters. The fourth-order valence-electron chi connectivity index (χ4n) is 3.30. The number of carbonyl (C=O) groups excluding carboxylic acids is 1. The van der Waals surface area contributed by atoms with E-state index in [0.29, 0.717) is 11.7 Å². The first-order valence-corrected chi connectivity index (χ1v) is 9.64. The van der Waals surface area contributed by atoms with Crippen LogP contribution < -0.4 is 0 Å². The van der Waals surface area contributed by atoms with Crippen molar-refractivity contribution in [1.82, 2.24) is 0 Å². The molecule has 22 heavy (non-hydrogen) atoms. The van der Waals surface area contributed by atoms with Crippen molar-refractivity contribution in [2.24, 2.45) is 11.8 Å². The van der Waals surface area contributed by atoms with Gasteiger partial charge in [0.1, 0.15) is 5.78 Å². The maximum Gasteiger partial charge on any atom is 0.136 e. The van der Waals surface area contributed by atoms with E-state index in [1.54, 1.807) is 0 Å². The third kappa shape index (κ3) is 7.96. The van der Waals surface area contributed by atoms with E-state index in [-0.39, 0.29) is 5.92 Å². The van der Waals surface area contributed by atoms with Gasteiger partial charge in [-0.3, -0.25) is 4.79 Å². The number of unbranched alkanes of at least 4 members (excludes halogenated alkanes) is 7. The van der Waals surface area contributed by atoms with E-state index in [4.69, 9.17) is 0 Å². The van der Waals surface area contributed by atoms with Gasteiger partial charge in [0.15, 0.2) is 0 Å². The predicted molar refractivity (Wildman–Crippen MR) is 97.0 cm³/mol. The van der Waals surface area contributed by atoms with E-state index in [9.17, 15) is 4.79 Å². The molecule has 0 aliphatic heterocycles. The molecule has 1 fully saturated rings. The zero-order valence-corrected chi connectivity index (χ0v) is 14.9. The average Bonchev–Trinajstić information content (AvgIpc) is 2.87. The smallest absolute Gasteiger partial charge is 0.136 e. The van der Waals surface area contributed by atoms with Crippen molar-refractivity contribution in [2.45, 2.75) is 90.9 Å². The first-order chi connectivity index (χ1) is 10.8. The Morgan fingerprint density at radius 3 is 2.36 bits per heavy atom. The van der Waals surface area contributed by atoms with Gasteiger partial charge in [0, 0.05) is 12.3 Å². The van der Waals surface area contributed by atoms with E-state index < -0.39 is 0 Å². The minimum atomic E-state index is 0.259. The molecule has 1 saturated carbocycles. The number of Topliss-reactive ketones (excluding diaryl/α,β-unsaturated/α-hetero) is 1. The third-order valence-corrected chi connectivity index (χ3v) is 4.79. The van der Waals surface area contributed by atoms with Crippen molar-refractivity contribution >= 4 is 5.78 Å². The monoisotopic (exact) mass is 304 g/mol. The Bertz CT molecular complexity index is 340. The highest BCUT2D eigenvalue weighted by Crippen LogP contribution is 2.32. The highest BCUT2D eigenvalue weighted by Gasteiger charge is 2.31. The first kappa shape index (κ1) is 19.2. The van der Waals surface area contributed by atoms with Crippen LogP contribution in [0.5, 0.6) is 0 Å². The van der Waals surface area contributed by atoms with Crippen molar-refractivity contribution in [3.63, 3.8) is 0 Å². The van der Waals surface area contributed by atoms with Gasteiger partial charge in [-0.1, -0.05) is 70.3 Å². The highest BCUT2D eigenvalue weighted by molar-refractivity contribution is 5.83. The minimum absolute atomic E-state index is 0.259. The van der Waals surface area contributed by atoms with Gasteiger partial charge in [0.25, 0.3) is 0 Å². The molecule has 2 atom stereocenters. The summed E-state index contributed by atoms with van der Waals surface area (Å²) in [5.41, 5.74) is 0. The van der Waals surface area contributed by atoms with Crippen molar-refractivity contribution in [1.29, 1.82) is 0 Å². The molecule has 0 aromatic carbocycles. The molecule has 1 rings (SSSR count). The van der Waals surface area contributed by atoms with Gasteiger partial charge in [-0.05, 0) is 44.4 Å². The lowest BCUT2D eigenvalue weighted by atomic mass is 9.91. The summed E-state index contributed by atoms with van der Waals surface area (Å²) in [4.78, 5) is 12.1. The molecule has 0 aromatic rings. The molecule has 0 heterocycles. The van der Waals surface area contributed by atoms with Crippen LogP contribution in [0, 0.1) is 11.8 Å². The zero-order valence-electron chi connectivity index (χ0n) is 14.9. The van der Waals surface area contributed by atoms with Gasteiger partial charge >= 0.3 is 0 Å². The Hall–Kier alpha value is -0.850. The first-order valence-electron chi connectivity index (χ1n) is 9.64. The second-order valence-electron chi connectivity index (χ2n) is 6.76. The lowest BCUT2D eigenvalue weighted by molar-refractivity contribution is -0.120. The van der Waals surface area contributed by atoms with E-state index in [1.807, 2.05) is 0 Å². The number of carbonyl (C=O) groups is 1. The molecule has 1 aliphatic carbocycles. The van der Waals surface area contributed by atoms with Gasteiger partial charge in [0.2, 0.25) is 0 Å². The van der Waals surface area contributed by atoms with Crippen molar-refractivity contribution in [2.75, 3.05) is 0 Å². The zero-order chi connectivity index (χ0) is 16.0. The molecule has 0 saturated heterocycles. The molecule has 1 nitrogen and oxygen atoms in total. The summed E-state index contributed by atoms with van der Waals surface area (Å²) in [6.45, 7) is 4.49. The maximum atomic E-state index is 12.1. The lowest BCUT2D eigenvalue weighted by Gasteiger charge is -2.12. The van der Waals surface area contributed by atoms with Crippen molar-refractivity contribution in [3.05, 3.63) is 24.3 Å². The third-order valence-electron chi connectivity index (χ3n) is 4.79. The summed E-state index contributed by atoms with van der Waals surface area (Å²) in [7, 11) is 0. The van der Waals surface area contributed by atoms with Crippen LogP contribution >= 0.6 is 0 Å². The number of hydrogen-bond acceptors (Lipinski definition) is 1. The Morgan fingerprint density at radius 2 is 1.59 bits per heavy atom. The summed E-state index contributed by atoms with van der Waals surface area (Å²) >= 11 is 0. The summed E-state index contributed by atoms with van der Waals surface area (Å²) in [5.74, 6) is 1.24. The summed E-state index contributed by atoms with van der Waals surface area (Å²) in [6.07, 6.45) is 23.5. The van der Waals surface area contributed by atoms with Crippen LogP contribution in [-0.2, 0) is 4.79 Å². The molecule has 126 valence electrons. The number of ketones is 1. The predicted octanol–water partition coefficient (Wildman–Crippen LogP) is 6.63. The number of rotatable bonds is 12. The Labute approximate surface area is 138 Å². The second kappa shape index (κ2) is 12.7. The fraction of sp³-hybridized carbons (Fsp3) is 0.762. The van der Waals surface area contributed by atoms with Gasteiger partial charge in [-0.15, -0.1) is 0 Å².